The minimum absolute atomic E-state index is 0.153. The van der Waals surface area contributed by atoms with E-state index in [4.69, 9.17) is 11.5 Å². The largest absolute Gasteiger partial charge is 0.383 e. The van der Waals surface area contributed by atoms with Crippen LogP contribution in [0, 0.1) is 0 Å². The van der Waals surface area contributed by atoms with Crippen molar-refractivity contribution in [2.24, 2.45) is 0 Å². The number of aromatic nitrogens is 5. The number of anilines is 2. The molecule has 0 bridgehead atoms. The molecular formula is C21H15N7S. The van der Waals surface area contributed by atoms with Crippen molar-refractivity contribution in [1.82, 2.24) is 25.1 Å². The average Bonchev–Trinajstić information content (AvgIpc) is 3.42. The van der Waals surface area contributed by atoms with Gasteiger partial charge in [0, 0.05) is 21.8 Å². The van der Waals surface area contributed by atoms with Gasteiger partial charge in [-0.2, -0.15) is 15.1 Å². The highest BCUT2D eigenvalue weighted by Crippen LogP contribution is 2.38. The van der Waals surface area contributed by atoms with Crippen LogP contribution >= 0.6 is 11.3 Å². The van der Waals surface area contributed by atoms with E-state index in [-0.39, 0.29) is 5.95 Å². The van der Waals surface area contributed by atoms with Gasteiger partial charge in [-0.3, -0.25) is 5.10 Å². The summed E-state index contributed by atoms with van der Waals surface area (Å²) in [6.07, 6.45) is 1.88. The number of fused-ring (bicyclic) bond motifs is 3. The number of benzene rings is 2. The van der Waals surface area contributed by atoms with Crippen molar-refractivity contribution >= 4 is 55.1 Å². The first-order chi connectivity index (χ1) is 14.2. The Kier molecular flexibility index (Phi) is 3.21. The van der Waals surface area contributed by atoms with E-state index < -0.39 is 0 Å². The lowest BCUT2D eigenvalue weighted by Gasteiger charge is -2.03. The topological polar surface area (TPSA) is 122 Å². The van der Waals surface area contributed by atoms with Crippen LogP contribution in [0.1, 0.15) is 0 Å². The van der Waals surface area contributed by atoms with Gasteiger partial charge in [0.15, 0.2) is 0 Å². The van der Waals surface area contributed by atoms with Gasteiger partial charge >= 0.3 is 0 Å². The van der Waals surface area contributed by atoms with Gasteiger partial charge in [-0.05, 0) is 35.2 Å². The first-order valence-corrected chi connectivity index (χ1v) is 9.86. The highest BCUT2D eigenvalue weighted by atomic mass is 32.1. The first kappa shape index (κ1) is 16.1. The molecule has 2 aromatic carbocycles. The lowest BCUT2D eigenvalue weighted by Crippen LogP contribution is -1.99. The molecule has 7 nitrogen and oxygen atoms in total. The van der Waals surface area contributed by atoms with Crippen LogP contribution in [0.15, 0.2) is 54.7 Å². The van der Waals surface area contributed by atoms with Gasteiger partial charge in [0.2, 0.25) is 5.95 Å². The van der Waals surface area contributed by atoms with E-state index in [2.05, 4.69) is 61.5 Å². The molecule has 0 amide bonds. The van der Waals surface area contributed by atoms with Crippen LogP contribution in [0.4, 0.5) is 11.8 Å². The fourth-order valence-corrected chi connectivity index (χ4v) is 4.84. The van der Waals surface area contributed by atoms with Gasteiger partial charge in [0.05, 0.1) is 15.8 Å². The molecule has 0 aliphatic heterocycles. The number of nitrogens with zero attached hydrogens (tertiary/aromatic N) is 3. The number of H-pyrrole nitrogens is 2. The van der Waals surface area contributed by atoms with Gasteiger partial charge in [-0.1, -0.05) is 24.3 Å². The zero-order chi connectivity index (χ0) is 19.5. The molecule has 0 atom stereocenters. The maximum Gasteiger partial charge on any atom is 0.223 e. The van der Waals surface area contributed by atoms with E-state index in [1.165, 1.54) is 10.1 Å². The summed E-state index contributed by atoms with van der Waals surface area (Å²) in [5, 5.41) is 10.8. The van der Waals surface area contributed by atoms with E-state index in [0.29, 0.717) is 11.5 Å². The maximum absolute atomic E-state index is 6.13. The highest BCUT2D eigenvalue weighted by Gasteiger charge is 2.16. The van der Waals surface area contributed by atoms with Gasteiger partial charge in [-0.15, -0.1) is 11.3 Å². The Morgan fingerprint density at radius 1 is 0.966 bits per heavy atom. The molecule has 0 radical (unpaired) electrons. The number of thiophene rings is 1. The maximum atomic E-state index is 6.13. The molecule has 0 saturated heterocycles. The number of nitrogens with two attached hydrogens (primary N) is 2. The Morgan fingerprint density at radius 3 is 2.76 bits per heavy atom. The molecule has 0 saturated carbocycles. The van der Waals surface area contributed by atoms with E-state index >= 15 is 0 Å². The van der Waals surface area contributed by atoms with Crippen LogP contribution < -0.4 is 11.5 Å². The van der Waals surface area contributed by atoms with Crippen molar-refractivity contribution < 1.29 is 0 Å². The number of rotatable bonds is 2. The Labute approximate surface area is 168 Å². The quantitative estimate of drug-likeness (QED) is 0.341. The number of hydrogen-bond acceptors (Lipinski definition) is 6. The minimum atomic E-state index is 0.153. The monoisotopic (exact) mass is 397 g/mol. The van der Waals surface area contributed by atoms with Crippen molar-refractivity contribution in [2.45, 2.75) is 0 Å². The fraction of sp³-hybridized carbons (Fsp3) is 0. The minimum Gasteiger partial charge on any atom is -0.383 e. The smallest absolute Gasteiger partial charge is 0.223 e. The molecule has 6 aromatic rings. The van der Waals surface area contributed by atoms with E-state index in [1.807, 2.05) is 18.3 Å². The molecule has 4 aromatic heterocycles. The second kappa shape index (κ2) is 5.79. The third kappa shape index (κ3) is 2.39. The Bertz CT molecular complexity index is 1510. The van der Waals surface area contributed by atoms with Gasteiger partial charge in [0.1, 0.15) is 17.2 Å². The van der Waals surface area contributed by atoms with Crippen molar-refractivity contribution in [2.75, 3.05) is 11.5 Å². The van der Waals surface area contributed by atoms with Gasteiger partial charge in [0.25, 0.3) is 0 Å². The van der Waals surface area contributed by atoms with Crippen LogP contribution in [0.25, 0.3) is 53.7 Å². The summed E-state index contributed by atoms with van der Waals surface area (Å²) in [6, 6.07) is 16.7. The number of hydrogen-bond donors (Lipinski definition) is 4. The predicted molar refractivity (Wildman–Crippen MR) is 119 cm³/mol. The molecule has 29 heavy (non-hydrogen) atoms. The Morgan fingerprint density at radius 2 is 1.86 bits per heavy atom. The Hall–Kier alpha value is -3.91. The van der Waals surface area contributed by atoms with Crippen molar-refractivity contribution in [3.8, 4) is 21.7 Å². The van der Waals surface area contributed by atoms with E-state index in [1.54, 1.807) is 11.3 Å². The molecule has 0 unspecified atom stereocenters. The number of aromatic amines is 2. The van der Waals surface area contributed by atoms with E-state index in [9.17, 15) is 0 Å². The van der Waals surface area contributed by atoms with Crippen LogP contribution in [-0.2, 0) is 0 Å². The van der Waals surface area contributed by atoms with Crippen molar-refractivity contribution in [3.05, 3.63) is 54.7 Å². The molecular weight excluding hydrogens is 382 g/mol. The lowest BCUT2D eigenvalue weighted by molar-refractivity contribution is 1.13. The Balaban J connectivity index is 1.56. The van der Waals surface area contributed by atoms with Gasteiger partial charge in [-0.25, -0.2) is 0 Å². The third-order valence-corrected chi connectivity index (χ3v) is 6.23. The summed E-state index contributed by atoms with van der Waals surface area (Å²) in [6.45, 7) is 0. The SMILES string of the molecule is Nc1nc(N)c2c(-c3ccc4[nH]nc(-c5cc6ccccc6s5)c4c3)c[nH]c2n1. The highest BCUT2D eigenvalue weighted by molar-refractivity contribution is 7.22. The molecule has 6 N–H and O–H groups in total. The molecule has 0 aliphatic rings. The summed E-state index contributed by atoms with van der Waals surface area (Å²) >= 11 is 1.74. The summed E-state index contributed by atoms with van der Waals surface area (Å²) in [5.74, 6) is 0.515. The second-order valence-electron chi connectivity index (χ2n) is 6.87. The first-order valence-electron chi connectivity index (χ1n) is 9.05. The molecule has 6 rings (SSSR count). The summed E-state index contributed by atoms with van der Waals surface area (Å²) in [5.41, 5.74) is 16.3. The molecule has 0 fully saturated rings. The molecule has 0 aliphatic carbocycles. The van der Waals surface area contributed by atoms with Crippen LogP contribution in [0.3, 0.4) is 0 Å². The standard InChI is InChI=1S/C21H15N7S/c22-19-17-13(9-24-20(17)26-21(23)25-19)10-5-6-14-12(7-10)18(28-27-14)16-8-11-3-1-2-4-15(11)29-16/h1-9H,(H,27,28)(H5,22,23,24,25,26). The summed E-state index contributed by atoms with van der Waals surface area (Å²) < 4.78 is 1.24. The number of nitrogens with one attached hydrogen (secondary N) is 2. The average molecular weight is 397 g/mol. The van der Waals surface area contributed by atoms with Gasteiger partial charge < -0.3 is 16.5 Å². The summed E-state index contributed by atoms with van der Waals surface area (Å²) in [4.78, 5) is 12.6. The zero-order valence-electron chi connectivity index (χ0n) is 15.1. The zero-order valence-corrected chi connectivity index (χ0v) is 15.9. The second-order valence-corrected chi connectivity index (χ2v) is 7.96. The predicted octanol–water partition coefficient (Wildman–Crippen LogP) is 4.55. The number of nitrogen functional groups attached to an aromatic ring is 2. The molecule has 8 heteroatoms. The van der Waals surface area contributed by atoms with Crippen LogP contribution in [0.5, 0.6) is 0 Å². The molecule has 0 spiro atoms. The van der Waals surface area contributed by atoms with Crippen molar-refractivity contribution in [3.63, 3.8) is 0 Å². The van der Waals surface area contributed by atoms with Crippen molar-refractivity contribution in [1.29, 1.82) is 0 Å². The lowest BCUT2D eigenvalue weighted by atomic mass is 10.0. The summed E-state index contributed by atoms with van der Waals surface area (Å²) in [7, 11) is 0. The van der Waals surface area contributed by atoms with Crippen LogP contribution in [-0.4, -0.2) is 25.1 Å². The van der Waals surface area contributed by atoms with Crippen LogP contribution in [0.2, 0.25) is 0 Å². The molecule has 4 heterocycles. The molecule has 140 valence electrons. The normalized spacial score (nSPS) is 11.7. The van der Waals surface area contributed by atoms with E-state index in [0.717, 1.165) is 38.0 Å². The third-order valence-electron chi connectivity index (χ3n) is 5.11. The fourth-order valence-electron chi connectivity index (χ4n) is 3.77.